The highest BCUT2D eigenvalue weighted by molar-refractivity contribution is 6.36. The van der Waals surface area contributed by atoms with Gasteiger partial charge in [-0.1, -0.05) is 41.4 Å². The lowest BCUT2D eigenvalue weighted by Gasteiger charge is -2.27. The van der Waals surface area contributed by atoms with Gasteiger partial charge in [-0.3, -0.25) is 0 Å². The molecule has 1 saturated heterocycles. The first-order valence-electron chi connectivity index (χ1n) is 11.9. The number of nitrogens with one attached hydrogen (secondary N) is 2. The quantitative estimate of drug-likeness (QED) is 0.129. The first-order valence-corrected chi connectivity index (χ1v) is 12.7. The second-order valence-electron chi connectivity index (χ2n) is 8.28. The third-order valence-electron chi connectivity index (χ3n) is 5.51. The summed E-state index contributed by atoms with van der Waals surface area (Å²) in [7, 11) is 0. The Morgan fingerprint density at radius 3 is 2.49 bits per heavy atom. The molecule has 13 heteroatoms. The lowest BCUT2D eigenvalue weighted by Crippen LogP contribution is -2.37. The fraction of sp³-hybridized carbons (Fsp3) is 0.154. The molecule has 2 heterocycles. The van der Waals surface area contributed by atoms with Crippen LogP contribution in [0.1, 0.15) is 5.56 Å². The molecule has 0 spiro atoms. The van der Waals surface area contributed by atoms with Crippen LogP contribution in [0.15, 0.2) is 82.1 Å². The molecule has 1 fully saturated rings. The SMILES string of the molecule is Oc1ccc(N=Nc2ccc(Cl)cc2Cl)cc1/C=N\Nc1nc(Nc2ccccc2)nc(N2CCOCC2)n1. The summed E-state index contributed by atoms with van der Waals surface area (Å²) < 4.78 is 5.45. The zero-order chi connectivity index (χ0) is 27.0. The van der Waals surface area contributed by atoms with Crippen molar-refractivity contribution in [2.75, 3.05) is 41.9 Å². The number of phenolic OH excluding ortho intramolecular Hbond substituents is 1. The van der Waals surface area contributed by atoms with Crippen LogP contribution in [0.5, 0.6) is 5.75 Å². The van der Waals surface area contributed by atoms with E-state index in [4.69, 9.17) is 27.9 Å². The molecule has 0 radical (unpaired) electrons. The van der Waals surface area contributed by atoms with Crippen LogP contribution in [0, 0.1) is 0 Å². The monoisotopic (exact) mass is 563 g/mol. The average Bonchev–Trinajstić information content (AvgIpc) is 2.95. The number of hydrazone groups is 1. The molecule has 11 nitrogen and oxygen atoms in total. The van der Waals surface area contributed by atoms with Gasteiger partial charge < -0.3 is 20.1 Å². The molecule has 1 aromatic heterocycles. The van der Waals surface area contributed by atoms with Crippen molar-refractivity contribution in [3.05, 3.63) is 82.3 Å². The number of hydrogen-bond acceptors (Lipinski definition) is 11. The highest BCUT2D eigenvalue weighted by Gasteiger charge is 2.17. The molecule has 4 aromatic rings. The maximum Gasteiger partial charge on any atom is 0.250 e. The summed E-state index contributed by atoms with van der Waals surface area (Å²) in [5.74, 6) is 1.10. The predicted octanol–water partition coefficient (Wildman–Crippen LogP) is 6.33. The van der Waals surface area contributed by atoms with E-state index >= 15 is 0 Å². The van der Waals surface area contributed by atoms with Gasteiger partial charge in [0.25, 0.3) is 0 Å². The third-order valence-corrected chi connectivity index (χ3v) is 6.05. The van der Waals surface area contributed by atoms with E-state index in [1.165, 1.54) is 12.3 Å². The van der Waals surface area contributed by atoms with Gasteiger partial charge in [0, 0.05) is 29.4 Å². The molecule has 0 bridgehead atoms. The highest BCUT2D eigenvalue weighted by atomic mass is 35.5. The fourth-order valence-electron chi connectivity index (χ4n) is 3.57. The molecule has 3 aromatic carbocycles. The van der Waals surface area contributed by atoms with Crippen molar-refractivity contribution < 1.29 is 9.84 Å². The van der Waals surface area contributed by atoms with Crippen LogP contribution in [-0.4, -0.2) is 52.6 Å². The second kappa shape index (κ2) is 12.5. The van der Waals surface area contributed by atoms with Crippen molar-refractivity contribution in [2.24, 2.45) is 15.3 Å². The largest absolute Gasteiger partial charge is 0.507 e. The van der Waals surface area contributed by atoms with Crippen molar-refractivity contribution in [2.45, 2.75) is 0 Å². The minimum Gasteiger partial charge on any atom is -0.507 e. The minimum atomic E-state index is 0.0140. The summed E-state index contributed by atoms with van der Waals surface area (Å²) in [6, 6.07) is 19.3. The fourth-order valence-corrected chi connectivity index (χ4v) is 4.01. The second-order valence-corrected chi connectivity index (χ2v) is 9.13. The van der Waals surface area contributed by atoms with E-state index in [0.717, 1.165) is 5.69 Å². The van der Waals surface area contributed by atoms with Crippen molar-refractivity contribution in [3.63, 3.8) is 0 Å². The molecular weight excluding hydrogens is 541 g/mol. The number of aromatic nitrogens is 3. The Morgan fingerprint density at radius 2 is 1.69 bits per heavy atom. The molecule has 1 aliphatic rings. The van der Waals surface area contributed by atoms with Gasteiger partial charge >= 0.3 is 0 Å². The number of nitrogens with zero attached hydrogens (tertiary/aromatic N) is 7. The van der Waals surface area contributed by atoms with E-state index in [2.05, 4.69) is 41.0 Å². The van der Waals surface area contributed by atoms with Crippen molar-refractivity contribution >= 4 is 64.3 Å². The third kappa shape index (κ3) is 7.17. The van der Waals surface area contributed by atoms with Gasteiger partial charge in [0.2, 0.25) is 17.8 Å². The summed E-state index contributed by atoms with van der Waals surface area (Å²) in [5, 5.41) is 27.0. The molecule has 0 aliphatic carbocycles. The maximum atomic E-state index is 10.3. The Morgan fingerprint density at radius 1 is 0.897 bits per heavy atom. The topological polar surface area (TPSA) is 133 Å². The number of halogens is 2. The number of azo groups is 1. The van der Waals surface area contributed by atoms with Crippen LogP contribution in [0.4, 0.5) is 34.9 Å². The first kappa shape index (κ1) is 26.3. The van der Waals surface area contributed by atoms with E-state index < -0.39 is 0 Å². The molecule has 0 unspecified atom stereocenters. The van der Waals surface area contributed by atoms with Gasteiger partial charge in [0.05, 0.1) is 30.1 Å². The number of hydrogen-bond donors (Lipinski definition) is 3. The summed E-state index contributed by atoms with van der Waals surface area (Å²) >= 11 is 12.1. The van der Waals surface area contributed by atoms with Crippen LogP contribution in [0.3, 0.4) is 0 Å². The lowest BCUT2D eigenvalue weighted by molar-refractivity contribution is 0.122. The van der Waals surface area contributed by atoms with Crippen LogP contribution in [0.25, 0.3) is 0 Å². The molecule has 3 N–H and O–H groups in total. The molecule has 5 rings (SSSR count). The Kier molecular flexibility index (Phi) is 8.42. The number of rotatable bonds is 8. The Bertz CT molecular complexity index is 1500. The molecule has 0 atom stereocenters. The van der Waals surface area contributed by atoms with Crippen LogP contribution in [0.2, 0.25) is 10.0 Å². The maximum absolute atomic E-state index is 10.3. The average molecular weight is 564 g/mol. The number of para-hydroxylation sites is 1. The van der Waals surface area contributed by atoms with E-state index in [0.29, 0.717) is 65.2 Å². The van der Waals surface area contributed by atoms with Gasteiger partial charge in [0.1, 0.15) is 11.4 Å². The number of benzene rings is 3. The van der Waals surface area contributed by atoms with E-state index in [9.17, 15) is 5.11 Å². The molecule has 39 heavy (non-hydrogen) atoms. The van der Waals surface area contributed by atoms with E-state index in [-0.39, 0.29) is 11.7 Å². The normalized spacial score (nSPS) is 13.7. The van der Waals surface area contributed by atoms with Gasteiger partial charge in [-0.2, -0.15) is 25.2 Å². The van der Waals surface area contributed by atoms with Gasteiger partial charge in [0.15, 0.2) is 0 Å². The van der Waals surface area contributed by atoms with Crippen molar-refractivity contribution in [3.8, 4) is 5.75 Å². The lowest BCUT2D eigenvalue weighted by atomic mass is 10.2. The van der Waals surface area contributed by atoms with Crippen LogP contribution in [-0.2, 0) is 4.74 Å². The first-order chi connectivity index (χ1) is 19.0. The van der Waals surface area contributed by atoms with Crippen molar-refractivity contribution in [1.82, 2.24) is 15.0 Å². The van der Waals surface area contributed by atoms with Gasteiger partial charge in [-0.25, -0.2) is 5.43 Å². The molecular formula is C26H23Cl2N9O2. The Labute approximate surface area is 234 Å². The van der Waals surface area contributed by atoms with Crippen LogP contribution >= 0.6 is 23.2 Å². The number of phenols is 1. The smallest absolute Gasteiger partial charge is 0.250 e. The molecule has 0 saturated carbocycles. The zero-order valence-electron chi connectivity index (χ0n) is 20.5. The van der Waals surface area contributed by atoms with E-state index in [1.54, 1.807) is 30.3 Å². The Hall–Kier alpha value is -4.32. The Balaban J connectivity index is 1.34. The minimum absolute atomic E-state index is 0.0140. The molecule has 1 aliphatic heterocycles. The van der Waals surface area contributed by atoms with Gasteiger partial charge in [-0.05, 0) is 48.5 Å². The zero-order valence-corrected chi connectivity index (χ0v) is 22.0. The molecule has 198 valence electrons. The van der Waals surface area contributed by atoms with Crippen molar-refractivity contribution in [1.29, 1.82) is 0 Å². The number of ether oxygens (including phenoxy) is 1. The summed E-state index contributed by atoms with van der Waals surface area (Å²) in [6.45, 7) is 2.50. The molecule has 0 amide bonds. The standard InChI is InChI=1S/C26H23Cl2N9O2/c27-18-6-8-22(21(28)15-18)35-34-20-7-9-23(38)17(14-20)16-29-36-25-31-24(30-19-4-2-1-3-5-19)32-26(33-25)37-10-12-39-13-11-37/h1-9,14-16,38H,10-13H2,(H2,30,31,32,33,36)/b29-16-,35-34?. The number of morpholine rings is 1. The highest BCUT2D eigenvalue weighted by Crippen LogP contribution is 2.30. The summed E-state index contributed by atoms with van der Waals surface area (Å²) in [6.07, 6.45) is 1.44. The summed E-state index contributed by atoms with van der Waals surface area (Å²) in [5.41, 5.74) is 5.03. The number of anilines is 4. The van der Waals surface area contributed by atoms with Gasteiger partial charge in [-0.15, -0.1) is 5.11 Å². The number of aromatic hydroxyl groups is 1. The summed E-state index contributed by atoms with van der Waals surface area (Å²) in [4.78, 5) is 15.5. The van der Waals surface area contributed by atoms with E-state index in [1.807, 2.05) is 35.2 Å². The van der Waals surface area contributed by atoms with Crippen LogP contribution < -0.4 is 15.6 Å². The predicted molar refractivity (Wildman–Crippen MR) is 153 cm³/mol.